The molecule has 1 aliphatic heterocycles. The van der Waals surface area contributed by atoms with Gasteiger partial charge in [0, 0.05) is 46.4 Å². The predicted octanol–water partition coefficient (Wildman–Crippen LogP) is 9.78. The lowest BCUT2D eigenvalue weighted by atomic mass is 10.1. The van der Waals surface area contributed by atoms with Crippen LogP contribution in [0, 0.1) is 0 Å². The van der Waals surface area contributed by atoms with Gasteiger partial charge in [-0.15, -0.1) is 0 Å². The number of allylic oxidation sites excluding steroid dienone is 2. The largest absolute Gasteiger partial charge is 0.362 e. The second-order valence-corrected chi connectivity index (χ2v) is 17.5. The van der Waals surface area contributed by atoms with Gasteiger partial charge in [0.1, 0.15) is 11.7 Å². The molecule has 1 aliphatic rings. The minimum Gasteiger partial charge on any atom is -0.362 e. The Bertz CT molecular complexity index is 1520. The van der Waals surface area contributed by atoms with Crippen LogP contribution in [0.5, 0.6) is 0 Å². The van der Waals surface area contributed by atoms with Crippen molar-refractivity contribution in [3.63, 3.8) is 0 Å². The second kappa shape index (κ2) is 15.1. The quantitative estimate of drug-likeness (QED) is 0.0748. The number of benzene rings is 4. The van der Waals surface area contributed by atoms with Gasteiger partial charge < -0.3 is 9.13 Å². The van der Waals surface area contributed by atoms with Crippen molar-refractivity contribution < 1.29 is 0 Å². The van der Waals surface area contributed by atoms with E-state index in [-0.39, 0.29) is 35.2 Å². The van der Waals surface area contributed by atoms with E-state index in [2.05, 4.69) is 198 Å². The number of aliphatic imine (C=N–C) groups is 2. The molecule has 0 saturated heterocycles. The summed E-state index contributed by atoms with van der Waals surface area (Å²) < 4.78 is 5.58. The predicted molar refractivity (Wildman–Crippen MR) is 203 cm³/mol. The van der Waals surface area contributed by atoms with Crippen LogP contribution in [0.3, 0.4) is 0 Å². The minimum atomic E-state index is -3.09. The lowest BCUT2D eigenvalue weighted by Gasteiger charge is -2.58. The smallest absolute Gasteiger partial charge is 0.290 e. The van der Waals surface area contributed by atoms with Gasteiger partial charge in [0.2, 0.25) is 0 Å². The van der Waals surface area contributed by atoms with Crippen LogP contribution in [0.25, 0.3) is 0 Å². The van der Waals surface area contributed by atoms with Crippen LogP contribution in [0.4, 0.5) is 0 Å². The van der Waals surface area contributed by atoms with E-state index in [9.17, 15) is 0 Å². The first-order chi connectivity index (χ1) is 22.7. The first-order valence-corrected chi connectivity index (χ1v) is 19.3. The number of hydrogen-bond donors (Lipinski definition) is 0. The van der Waals surface area contributed by atoms with Crippen molar-refractivity contribution in [2.45, 2.75) is 90.6 Å². The lowest BCUT2D eigenvalue weighted by Crippen LogP contribution is -2.76. The summed E-state index contributed by atoms with van der Waals surface area (Å²) in [5, 5.41) is 0. The van der Waals surface area contributed by atoms with Gasteiger partial charge in [0.15, 0.2) is 0 Å². The third-order valence-electron chi connectivity index (χ3n) is 8.81. The molecule has 4 aromatic carbocycles. The van der Waals surface area contributed by atoms with Crippen molar-refractivity contribution >= 4 is 20.1 Å². The number of rotatable bonds is 10. The van der Waals surface area contributed by atoms with E-state index in [1.54, 1.807) is 0 Å². The SMILES string of the molecule is CC(C)N=C(c1ccccc1)N(C(C)C)[Si]1(N(C(=NC(C)C)c2ccccc2)C(C)C)C(c2ccccc2)C=CC1c1ccccc1. The van der Waals surface area contributed by atoms with Crippen LogP contribution in [0.1, 0.15) is 88.7 Å². The average Bonchev–Trinajstić information content (AvgIpc) is 3.45. The van der Waals surface area contributed by atoms with Crippen molar-refractivity contribution in [2.24, 2.45) is 9.98 Å². The molecule has 0 aromatic heterocycles. The zero-order valence-electron chi connectivity index (χ0n) is 29.5. The molecule has 5 heteroatoms. The molecule has 2 atom stereocenters. The second-order valence-electron chi connectivity index (χ2n) is 13.7. The third kappa shape index (κ3) is 7.06. The van der Waals surface area contributed by atoms with Gasteiger partial charge >= 0.3 is 0 Å². The molecule has 5 rings (SSSR count). The molecule has 0 N–H and O–H groups in total. The first-order valence-electron chi connectivity index (χ1n) is 17.3. The summed E-state index contributed by atoms with van der Waals surface area (Å²) in [5.74, 6) is 2.13. The Morgan fingerprint density at radius 3 is 1.04 bits per heavy atom. The molecule has 2 unspecified atom stereocenters. The van der Waals surface area contributed by atoms with Crippen molar-refractivity contribution in [2.75, 3.05) is 0 Å². The number of amidine groups is 2. The van der Waals surface area contributed by atoms with Crippen molar-refractivity contribution in [1.82, 2.24) is 9.13 Å². The molecular formula is C42H52N4Si. The van der Waals surface area contributed by atoms with Gasteiger partial charge in [-0.3, -0.25) is 9.98 Å². The normalized spacial score (nSPS) is 20.1. The third-order valence-corrected chi connectivity index (χ3v) is 14.7. The van der Waals surface area contributed by atoms with Gasteiger partial charge in [-0.05, 0) is 66.5 Å². The highest BCUT2D eigenvalue weighted by molar-refractivity contribution is 6.83. The summed E-state index contributed by atoms with van der Waals surface area (Å²) in [6.07, 6.45) is 5.03. The summed E-state index contributed by atoms with van der Waals surface area (Å²) >= 11 is 0. The zero-order valence-corrected chi connectivity index (χ0v) is 30.5. The van der Waals surface area contributed by atoms with E-state index >= 15 is 0 Å². The Morgan fingerprint density at radius 2 is 0.766 bits per heavy atom. The highest BCUT2D eigenvalue weighted by Crippen LogP contribution is 2.51. The molecule has 244 valence electrons. The topological polar surface area (TPSA) is 31.2 Å². The Morgan fingerprint density at radius 1 is 0.468 bits per heavy atom. The molecular weight excluding hydrogens is 589 g/mol. The molecule has 0 bridgehead atoms. The zero-order chi connectivity index (χ0) is 33.6. The number of hydrogen-bond acceptors (Lipinski definition) is 2. The summed E-state index contributed by atoms with van der Waals surface area (Å²) in [5.41, 5.74) is 5.22. The molecule has 0 aliphatic carbocycles. The minimum absolute atomic E-state index is 0.114. The molecule has 0 saturated carbocycles. The van der Waals surface area contributed by atoms with Crippen LogP contribution in [-0.4, -0.2) is 53.4 Å². The van der Waals surface area contributed by atoms with E-state index in [1.165, 1.54) is 11.1 Å². The van der Waals surface area contributed by atoms with Gasteiger partial charge in [-0.25, -0.2) is 0 Å². The average molecular weight is 641 g/mol. The fraction of sp³-hybridized carbons (Fsp3) is 0.333. The van der Waals surface area contributed by atoms with E-state index in [0.29, 0.717) is 0 Å². The Hall–Kier alpha value is -4.22. The fourth-order valence-corrected chi connectivity index (χ4v) is 14.0. The highest BCUT2D eigenvalue weighted by atomic mass is 28.4. The monoisotopic (exact) mass is 640 g/mol. The summed E-state index contributed by atoms with van der Waals surface area (Å²) in [7, 11) is -3.09. The standard InChI is InChI=1S/C42H52N4Si/c1-31(2)43-41(37-25-17-11-18-26-37)45(33(5)6)47(46(34(7)8)42(44-32(3)4)38-27-19-12-20-28-38)39(35-21-13-9-14-22-35)29-30-40(47)36-23-15-10-16-24-36/h9-34,39-40H,1-8H3. The molecule has 0 radical (unpaired) electrons. The maximum absolute atomic E-state index is 5.53. The maximum atomic E-state index is 5.53. The van der Waals surface area contributed by atoms with Crippen molar-refractivity contribution in [3.8, 4) is 0 Å². The van der Waals surface area contributed by atoms with Crippen molar-refractivity contribution in [3.05, 3.63) is 156 Å². The van der Waals surface area contributed by atoms with E-state index in [0.717, 1.165) is 22.8 Å². The summed E-state index contributed by atoms with van der Waals surface area (Å²) in [6, 6.07) is 44.6. The van der Waals surface area contributed by atoms with Gasteiger partial charge in [0.25, 0.3) is 8.40 Å². The first kappa shape index (κ1) is 34.1. The molecule has 1 heterocycles. The van der Waals surface area contributed by atoms with Crippen LogP contribution in [0.15, 0.2) is 143 Å². The molecule has 4 aromatic rings. The lowest BCUT2D eigenvalue weighted by molar-refractivity contribution is 0.383. The van der Waals surface area contributed by atoms with Crippen LogP contribution in [0.2, 0.25) is 0 Å². The van der Waals surface area contributed by atoms with Crippen LogP contribution >= 0.6 is 0 Å². The van der Waals surface area contributed by atoms with Gasteiger partial charge in [-0.1, -0.05) is 133 Å². The van der Waals surface area contributed by atoms with Crippen molar-refractivity contribution in [1.29, 1.82) is 0 Å². The molecule has 4 nitrogen and oxygen atoms in total. The summed E-state index contributed by atoms with van der Waals surface area (Å²) in [6.45, 7) is 18.2. The van der Waals surface area contributed by atoms with Crippen LogP contribution < -0.4 is 0 Å². The van der Waals surface area contributed by atoms with Crippen LogP contribution in [-0.2, 0) is 0 Å². The maximum Gasteiger partial charge on any atom is 0.290 e. The Labute approximate surface area is 284 Å². The molecule has 0 spiro atoms. The van der Waals surface area contributed by atoms with E-state index in [4.69, 9.17) is 9.98 Å². The summed E-state index contributed by atoms with van der Waals surface area (Å²) in [4.78, 5) is 11.1. The number of nitrogens with zero attached hydrogens (tertiary/aromatic N) is 4. The highest BCUT2D eigenvalue weighted by Gasteiger charge is 2.63. The van der Waals surface area contributed by atoms with Gasteiger partial charge in [0.05, 0.1) is 0 Å². The van der Waals surface area contributed by atoms with E-state index in [1.807, 2.05) is 0 Å². The Balaban J connectivity index is 1.98. The molecule has 0 fully saturated rings. The Kier molecular flexibility index (Phi) is 11.0. The fourth-order valence-electron chi connectivity index (χ4n) is 7.32. The molecule has 47 heavy (non-hydrogen) atoms. The molecule has 0 amide bonds. The van der Waals surface area contributed by atoms with E-state index < -0.39 is 8.40 Å². The van der Waals surface area contributed by atoms with Gasteiger partial charge in [-0.2, -0.15) is 0 Å².